The predicted octanol–water partition coefficient (Wildman–Crippen LogP) is 12.1. The van der Waals surface area contributed by atoms with Gasteiger partial charge in [0.1, 0.15) is 11.2 Å². The van der Waals surface area contributed by atoms with Crippen LogP contribution in [-0.2, 0) is 0 Å². The molecule has 3 heterocycles. The number of furan rings is 1. The van der Waals surface area contributed by atoms with Crippen molar-refractivity contribution in [3.63, 3.8) is 0 Å². The zero-order chi connectivity index (χ0) is 43.5. The highest BCUT2D eigenvalue weighted by Gasteiger charge is 2.17. The van der Waals surface area contributed by atoms with Crippen LogP contribution in [0.4, 0.5) is 0 Å². The van der Waals surface area contributed by atoms with Crippen LogP contribution in [0.25, 0.3) is 94.5 Å². The molecule has 0 saturated carbocycles. The number of hydrogen-bond acceptors (Lipinski definition) is 3. The van der Waals surface area contributed by atoms with Gasteiger partial charge >= 0.3 is 0 Å². The molecule has 0 aliphatic rings. The van der Waals surface area contributed by atoms with E-state index in [2.05, 4.69) is 0 Å². The lowest BCUT2D eigenvalue weighted by Gasteiger charge is -2.11. The second kappa shape index (κ2) is 11.4. The first kappa shape index (κ1) is 18.7. The number of hydrogen-bond donors (Lipinski definition) is 0. The molecule has 234 valence electrons. The van der Waals surface area contributed by atoms with Crippen LogP contribution in [0.5, 0.6) is 0 Å². The maximum Gasteiger partial charge on any atom is 0.160 e. The summed E-state index contributed by atoms with van der Waals surface area (Å²) in [6.45, 7) is 0. The minimum atomic E-state index is -0.712. The zero-order valence-corrected chi connectivity index (χ0v) is 26.1. The minimum Gasteiger partial charge on any atom is -0.456 e. The van der Waals surface area contributed by atoms with E-state index in [9.17, 15) is 4.11 Å². The van der Waals surface area contributed by atoms with Crippen molar-refractivity contribution in [2.45, 2.75) is 0 Å². The van der Waals surface area contributed by atoms with E-state index in [4.69, 9.17) is 26.7 Å². The molecule has 0 spiro atoms. The summed E-state index contributed by atoms with van der Waals surface area (Å²) < 4.78 is 114. The summed E-state index contributed by atoms with van der Waals surface area (Å²) >= 11 is 0. The van der Waals surface area contributed by atoms with Crippen molar-refractivity contribution in [2.75, 3.05) is 0 Å². The van der Waals surface area contributed by atoms with Crippen LogP contribution in [0.3, 0.4) is 0 Å². The van der Waals surface area contributed by atoms with Crippen molar-refractivity contribution in [2.24, 2.45) is 0 Å². The van der Waals surface area contributed by atoms with Crippen molar-refractivity contribution in [3.8, 4) is 50.7 Å². The summed E-state index contributed by atoms with van der Waals surface area (Å²) in [5.74, 6) is 0.237. The molecule has 0 bridgehead atoms. The van der Waals surface area contributed by atoms with E-state index >= 15 is 0 Å². The van der Waals surface area contributed by atoms with Gasteiger partial charge in [-0.1, -0.05) is 109 Å². The molecule has 0 aliphatic carbocycles. The summed E-state index contributed by atoms with van der Waals surface area (Å²) in [7, 11) is 0. The molecule has 0 radical (unpaired) electrons. The lowest BCUT2D eigenvalue weighted by Crippen LogP contribution is -1.96. The third kappa shape index (κ3) is 4.69. The van der Waals surface area contributed by atoms with Gasteiger partial charge in [0, 0.05) is 43.9 Å². The second-order valence-corrected chi connectivity index (χ2v) is 11.7. The van der Waals surface area contributed by atoms with Crippen LogP contribution >= 0.6 is 0 Å². The third-order valence-electron chi connectivity index (χ3n) is 8.75. The normalized spacial score (nSPS) is 15.0. The minimum absolute atomic E-state index is 0.0715. The Balaban J connectivity index is 1.31. The van der Waals surface area contributed by atoms with Crippen LogP contribution < -0.4 is 0 Å². The van der Waals surface area contributed by atoms with Crippen LogP contribution in [-0.4, -0.2) is 14.5 Å². The van der Waals surface area contributed by atoms with Crippen LogP contribution in [0, 0.1) is 0 Å². The maximum absolute atomic E-state index is 9.82. The molecule has 0 amide bonds. The summed E-state index contributed by atoms with van der Waals surface area (Å²) in [5.41, 5.74) is 3.71. The third-order valence-corrected chi connectivity index (χ3v) is 8.75. The molecule has 7 aromatic carbocycles. The molecular weight excluding hydrogens is 611 g/mol. The highest BCUT2D eigenvalue weighted by molar-refractivity contribution is 6.10. The Labute approximate surface area is 305 Å². The quantitative estimate of drug-likeness (QED) is 0.186. The molecule has 50 heavy (non-hydrogen) atoms. The lowest BCUT2D eigenvalue weighted by atomic mass is 10.0. The van der Waals surface area contributed by atoms with Gasteiger partial charge in [-0.25, -0.2) is 9.97 Å². The average Bonchev–Trinajstić information content (AvgIpc) is 3.85. The summed E-state index contributed by atoms with van der Waals surface area (Å²) in [6, 6.07) is 24.7. The number of fused-ring (bicyclic) bond motifs is 6. The fraction of sp³-hybridized carbons (Fsp3) is 0. The second-order valence-electron chi connectivity index (χ2n) is 11.7. The highest BCUT2D eigenvalue weighted by atomic mass is 16.3. The Morgan fingerprint density at radius 1 is 0.460 bits per heavy atom. The number of rotatable bonds is 5. The van der Waals surface area contributed by atoms with Crippen molar-refractivity contribution in [3.05, 3.63) is 176 Å². The van der Waals surface area contributed by atoms with E-state index in [1.54, 1.807) is 6.07 Å². The molecule has 0 N–H and O–H groups in total. The Morgan fingerprint density at radius 2 is 1.18 bits per heavy atom. The first-order valence-corrected chi connectivity index (χ1v) is 15.8. The standard InChI is InChI=1S/C46H29N3O/c1-3-12-30(13-4-1)31-14-11-15-34(26-31)46-47-40(29-41(48-46)33-23-25-45-39(28-33)37-19-8-10-21-44(37)50-45)32-22-24-43-38(27-32)36-18-7-9-20-42(36)49(43)35-16-5-2-6-17-35/h1-29H/i2D,5D,6D,7D,9D,16D,17D,18D,20D,22D,24D,27D. The van der Waals surface area contributed by atoms with Gasteiger partial charge in [-0.2, -0.15) is 0 Å². The van der Waals surface area contributed by atoms with Crippen molar-refractivity contribution in [1.29, 1.82) is 0 Å². The Bertz CT molecular complexity index is 3540. The topological polar surface area (TPSA) is 43.9 Å². The van der Waals surface area contributed by atoms with Crippen LogP contribution in [0.1, 0.15) is 16.4 Å². The van der Waals surface area contributed by atoms with E-state index in [-0.39, 0.29) is 38.9 Å². The van der Waals surface area contributed by atoms with Crippen molar-refractivity contribution < 1.29 is 20.9 Å². The first-order chi connectivity index (χ1) is 29.8. The van der Waals surface area contributed by atoms with Gasteiger partial charge in [-0.3, -0.25) is 0 Å². The molecule has 0 fully saturated rings. The van der Waals surface area contributed by atoms with Gasteiger partial charge in [-0.05, 0) is 77.7 Å². The molecule has 4 nitrogen and oxygen atoms in total. The molecular formula is C46H29N3O. The molecule has 4 heteroatoms. The van der Waals surface area contributed by atoms with E-state index in [1.807, 2.05) is 97.1 Å². The molecule has 0 atom stereocenters. The smallest absolute Gasteiger partial charge is 0.160 e. The van der Waals surface area contributed by atoms with Gasteiger partial charge in [0.25, 0.3) is 0 Å². The summed E-state index contributed by atoms with van der Waals surface area (Å²) in [4.78, 5) is 9.97. The Kier molecular flexibility index (Phi) is 4.27. The van der Waals surface area contributed by atoms with Crippen LogP contribution in [0.15, 0.2) is 180 Å². The van der Waals surface area contributed by atoms with E-state index in [0.29, 0.717) is 28.0 Å². The van der Waals surface area contributed by atoms with Crippen molar-refractivity contribution in [1.82, 2.24) is 14.5 Å². The predicted molar refractivity (Wildman–Crippen MR) is 205 cm³/mol. The summed E-state index contributed by atoms with van der Waals surface area (Å²) in [6.07, 6.45) is 0. The zero-order valence-electron chi connectivity index (χ0n) is 38.1. The molecule has 3 aromatic heterocycles. The van der Waals surface area contributed by atoms with Gasteiger partial charge < -0.3 is 8.98 Å². The van der Waals surface area contributed by atoms with E-state index < -0.39 is 78.2 Å². The number of benzene rings is 7. The van der Waals surface area contributed by atoms with Gasteiger partial charge in [0.05, 0.1) is 38.9 Å². The summed E-state index contributed by atoms with van der Waals surface area (Å²) in [5, 5.41) is 1.31. The van der Waals surface area contributed by atoms with Gasteiger partial charge in [-0.15, -0.1) is 0 Å². The van der Waals surface area contributed by atoms with Gasteiger partial charge in [0.15, 0.2) is 5.82 Å². The molecule has 0 saturated heterocycles. The fourth-order valence-corrected chi connectivity index (χ4v) is 6.43. The number of para-hydroxylation sites is 3. The average molecular weight is 652 g/mol. The largest absolute Gasteiger partial charge is 0.456 e. The van der Waals surface area contributed by atoms with Gasteiger partial charge in [0.2, 0.25) is 0 Å². The molecule has 0 aliphatic heterocycles. The number of nitrogens with zero attached hydrogens (tertiary/aromatic N) is 3. The van der Waals surface area contributed by atoms with Crippen LogP contribution in [0.2, 0.25) is 0 Å². The molecule has 10 aromatic rings. The highest BCUT2D eigenvalue weighted by Crippen LogP contribution is 2.37. The molecule has 0 unspecified atom stereocenters. The van der Waals surface area contributed by atoms with E-state index in [0.717, 1.165) is 26.5 Å². The molecule has 10 rings (SSSR count). The first-order valence-electron chi connectivity index (χ1n) is 21.8. The fourth-order valence-electron chi connectivity index (χ4n) is 6.43. The SMILES string of the molecule is [2H]c1c([2H])c([2H])c(-n2c3c([2H])c([2H])c([2H])c([2H])c3c3c([2H])c(-c4cc(-c5ccc6oc7ccccc7c6c5)nc(-c5cccc(-c6ccccc6)c5)n4)c([2H])c([2H])c32)c([2H])c1[2H]. The Hall–Kier alpha value is -6.78. The lowest BCUT2D eigenvalue weighted by molar-refractivity contribution is 0.669. The maximum atomic E-state index is 9.82. The number of aromatic nitrogens is 3. The Morgan fingerprint density at radius 3 is 2.08 bits per heavy atom. The monoisotopic (exact) mass is 651 g/mol. The van der Waals surface area contributed by atoms with E-state index in [1.165, 1.54) is 0 Å². The van der Waals surface area contributed by atoms with Crippen molar-refractivity contribution >= 4 is 43.7 Å².